The Morgan fingerprint density at radius 2 is 2.29 bits per heavy atom. The molecule has 0 amide bonds. The molecule has 0 spiro atoms. The highest BCUT2D eigenvalue weighted by Gasteiger charge is 1.86. The van der Waals surface area contributed by atoms with E-state index in [1.807, 2.05) is 0 Å². The van der Waals surface area contributed by atoms with Crippen molar-refractivity contribution in [1.82, 2.24) is 0 Å². The highest BCUT2D eigenvalue weighted by atomic mass is 16.4. The summed E-state index contributed by atoms with van der Waals surface area (Å²) >= 11 is 0. The van der Waals surface area contributed by atoms with Crippen molar-refractivity contribution < 1.29 is 15.0 Å². The third kappa shape index (κ3) is 5.01. The number of hydrogen-bond donors (Lipinski definition) is 2. The molecule has 0 saturated carbocycles. The van der Waals surface area contributed by atoms with Gasteiger partial charge >= 0.3 is 5.97 Å². The second kappa shape index (κ2) is 3.21. The Bertz CT molecular complexity index is 84.9. The maximum Gasteiger partial charge on any atom is 0.307 e. The zero-order valence-electron chi connectivity index (χ0n) is 3.66. The van der Waals surface area contributed by atoms with Crippen LogP contribution in [-0.4, -0.2) is 16.2 Å². The molecule has 0 fully saturated rings. The first-order valence-electron chi connectivity index (χ1n) is 1.78. The van der Waals surface area contributed by atoms with Crippen LogP contribution in [0.15, 0.2) is 12.3 Å². The largest absolute Gasteiger partial charge is 0.516 e. The number of carboxylic acids is 1. The quantitative estimate of drug-likeness (QED) is 0.500. The summed E-state index contributed by atoms with van der Waals surface area (Å²) in [7, 11) is 0. The SMILES string of the molecule is O=C(O)CC=CO. The van der Waals surface area contributed by atoms with Crippen molar-refractivity contribution in [3.63, 3.8) is 0 Å². The Morgan fingerprint density at radius 1 is 1.71 bits per heavy atom. The van der Waals surface area contributed by atoms with Crippen LogP contribution in [-0.2, 0) is 4.79 Å². The molecule has 40 valence electrons. The molecule has 0 radical (unpaired) electrons. The van der Waals surface area contributed by atoms with E-state index >= 15 is 0 Å². The zero-order valence-corrected chi connectivity index (χ0v) is 3.66. The molecule has 0 bridgehead atoms. The smallest absolute Gasteiger partial charge is 0.307 e. The number of carboxylic acid groups (broad SMARTS) is 1. The molecule has 0 aromatic rings. The molecule has 0 aliphatic rings. The topological polar surface area (TPSA) is 57.5 Å². The van der Waals surface area contributed by atoms with Crippen LogP contribution in [0.25, 0.3) is 0 Å². The molecule has 7 heavy (non-hydrogen) atoms. The lowest BCUT2D eigenvalue weighted by atomic mass is 10.4. The van der Waals surface area contributed by atoms with Crippen molar-refractivity contribution in [1.29, 1.82) is 0 Å². The number of aliphatic hydroxyl groups is 1. The molecule has 3 nitrogen and oxygen atoms in total. The summed E-state index contributed by atoms with van der Waals surface area (Å²) in [4.78, 5) is 9.60. The molecule has 0 rings (SSSR count). The Balaban J connectivity index is 3.14. The minimum Gasteiger partial charge on any atom is -0.516 e. The molecule has 0 unspecified atom stereocenters. The van der Waals surface area contributed by atoms with Crippen LogP contribution in [0.3, 0.4) is 0 Å². The second-order valence-electron chi connectivity index (χ2n) is 0.983. The first-order valence-corrected chi connectivity index (χ1v) is 1.78. The maximum absolute atomic E-state index is 9.60. The van der Waals surface area contributed by atoms with Crippen molar-refractivity contribution in [3.05, 3.63) is 12.3 Å². The van der Waals surface area contributed by atoms with E-state index in [-0.39, 0.29) is 6.42 Å². The lowest BCUT2D eigenvalue weighted by Crippen LogP contribution is -1.89. The molecule has 0 aromatic carbocycles. The third-order valence-electron chi connectivity index (χ3n) is 0.398. The number of aliphatic carboxylic acids is 1. The number of aliphatic hydroxyl groups excluding tert-OH is 1. The minimum absolute atomic E-state index is 0.115. The molecule has 0 saturated heterocycles. The molecule has 0 heterocycles. The van der Waals surface area contributed by atoms with Crippen LogP contribution in [0.1, 0.15) is 6.42 Å². The van der Waals surface area contributed by atoms with E-state index in [1.165, 1.54) is 0 Å². The van der Waals surface area contributed by atoms with Gasteiger partial charge in [-0.05, 0) is 6.08 Å². The van der Waals surface area contributed by atoms with Gasteiger partial charge in [-0.15, -0.1) is 0 Å². The number of carbonyl (C=O) groups is 1. The van der Waals surface area contributed by atoms with Crippen LogP contribution >= 0.6 is 0 Å². The van der Waals surface area contributed by atoms with Crippen molar-refractivity contribution in [2.24, 2.45) is 0 Å². The van der Waals surface area contributed by atoms with E-state index in [0.717, 1.165) is 6.08 Å². The average molecular weight is 102 g/mol. The lowest BCUT2D eigenvalue weighted by molar-refractivity contribution is -0.136. The lowest BCUT2D eigenvalue weighted by Gasteiger charge is -1.77. The van der Waals surface area contributed by atoms with Crippen molar-refractivity contribution in [3.8, 4) is 0 Å². The van der Waals surface area contributed by atoms with Gasteiger partial charge in [0.15, 0.2) is 0 Å². The van der Waals surface area contributed by atoms with Crippen molar-refractivity contribution in [2.75, 3.05) is 0 Å². The Hall–Kier alpha value is -0.990. The molecule has 2 N–H and O–H groups in total. The number of hydrogen-bond acceptors (Lipinski definition) is 2. The van der Waals surface area contributed by atoms with Gasteiger partial charge in [-0.3, -0.25) is 4.79 Å². The van der Waals surface area contributed by atoms with Crippen molar-refractivity contribution in [2.45, 2.75) is 6.42 Å². The van der Waals surface area contributed by atoms with E-state index in [9.17, 15) is 4.79 Å². The fourth-order valence-corrected chi connectivity index (χ4v) is 0.154. The molecule has 0 aliphatic carbocycles. The summed E-state index contributed by atoms with van der Waals surface area (Å²) in [5.41, 5.74) is 0. The minimum atomic E-state index is -0.940. The van der Waals surface area contributed by atoms with E-state index in [0.29, 0.717) is 6.26 Å². The van der Waals surface area contributed by atoms with Crippen LogP contribution in [0.5, 0.6) is 0 Å². The maximum atomic E-state index is 9.60. The van der Waals surface area contributed by atoms with E-state index in [1.54, 1.807) is 0 Å². The van der Waals surface area contributed by atoms with Gasteiger partial charge < -0.3 is 10.2 Å². The standard InChI is InChI=1S/C4H6O3/c5-3-1-2-4(6)7/h1,3,5H,2H2,(H,6,7). The molecule has 0 aliphatic heterocycles. The van der Waals surface area contributed by atoms with Gasteiger partial charge in [0.05, 0.1) is 12.7 Å². The molecule has 0 aromatic heterocycles. The first-order chi connectivity index (χ1) is 3.27. The molecule has 0 atom stereocenters. The fourth-order valence-electron chi connectivity index (χ4n) is 0.154. The Morgan fingerprint density at radius 3 is 2.43 bits per heavy atom. The normalized spacial score (nSPS) is 9.71. The number of rotatable bonds is 2. The fraction of sp³-hybridized carbons (Fsp3) is 0.250. The predicted octanol–water partition coefficient (Wildman–Crippen LogP) is 0.533. The van der Waals surface area contributed by atoms with Gasteiger partial charge in [-0.2, -0.15) is 0 Å². The third-order valence-corrected chi connectivity index (χ3v) is 0.398. The highest BCUT2D eigenvalue weighted by molar-refractivity contribution is 5.68. The van der Waals surface area contributed by atoms with E-state index in [2.05, 4.69) is 0 Å². The average Bonchev–Trinajstić information content (AvgIpc) is 1.61. The first kappa shape index (κ1) is 6.01. The van der Waals surface area contributed by atoms with Gasteiger partial charge in [0.25, 0.3) is 0 Å². The van der Waals surface area contributed by atoms with E-state index < -0.39 is 5.97 Å². The summed E-state index contributed by atoms with van der Waals surface area (Å²) in [5.74, 6) is -0.940. The van der Waals surface area contributed by atoms with Gasteiger partial charge in [0.1, 0.15) is 0 Å². The monoisotopic (exact) mass is 102 g/mol. The second-order valence-corrected chi connectivity index (χ2v) is 0.983. The molecular weight excluding hydrogens is 96.0 g/mol. The van der Waals surface area contributed by atoms with Gasteiger partial charge in [-0.25, -0.2) is 0 Å². The van der Waals surface area contributed by atoms with Crippen molar-refractivity contribution >= 4 is 5.97 Å². The van der Waals surface area contributed by atoms with Gasteiger partial charge in [0.2, 0.25) is 0 Å². The Labute approximate surface area is 40.9 Å². The highest BCUT2D eigenvalue weighted by Crippen LogP contribution is 1.77. The molecule has 3 heteroatoms. The summed E-state index contributed by atoms with van der Waals surface area (Å²) in [6.45, 7) is 0. The zero-order chi connectivity index (χ0) is 5.70. The molecular formula is C4H6O3. The van der Waals surface area contributed by atoms with Crippen LogP contribution in [0.4, 0.5) is 0 Å². The predicted molar refractivity (Wildman–Crippen MR) is 24.0 cm³/mol. The Kier molecular flexibility index (Phi) is 2.76. The van der Waals surface area contributed by atoms with E-state index in [4.69, 9.17) is 10.2 Å². The van der Waals surface area contributed by atoms with Gasteiger partial charge in [-0.1, -0.05) is 0 Å². The summed E-state index contributed by atoms with van der Waals surface area (Å²) in [6.07, 6.45) is 1.76. The summed E-state index contributed by atoms with van der Waals surface area (Å²) in [6, 6.07) is 0. The van der Waals surface area contributed by atoms with Crippen LogP contribution in [0, 0.1) is 0 Å². The van der Waals surface area contributed by atoms with Gasteiger partial charge in [0, 0.05) is 0 Å². The summed E-state index contributed by atoms with van der Waals surface area (Å²) in [5, 5.41) is 15.8. The van der Waals surface area contributed by atoms with Crippen LogP contribution in [0.2, 0.25) is 0 Å². The summed E-state index contributed by atoms with van der Waals surface area (Å²) < 4.78 is 0. The van der Waals surface area contributed by atoms with Crippen LogP contribution < -0.4 is 0 Å².